The minimum Gasteiger partial charge on any atom is -0.508 e. The predicted molar refractivity (Wildman–Crippen MR) is 224 cm³/mol. The number of Topliss-reactive ketones (excluding diaryl/α,β-unsaturated/α-hetero) is 1. The molecule has 8 heteroatoms. The molecule has 0 amide bonds. The number of phenolic OH excluding ortho intramolecular Hbond substituents is 3. The summed E-state index contributed by atoms with van der Waals surface area (Å²) in [5.74, 6) is -0.237. The lowest BCUT2D eigenvalue weighted by Gasteiger charge is -2.27. The molecule has 0 saturated heterocycles. The van der Waals surface area contributed by atoms with E-state index in [4.69, 9.17) is 9.47 Å². The van der Waals surface area contributed by atoms with Crippen LogP contribution in [0.25, 0.3) is 10.8 Å². The fraction of sp³-hybridized carbons (Fsp3) is 0.327. The van der Waals surface area contributed by atoms with E-state index in [9.17, 15) is 25.2 Å². The van der Waals surface area contributed by atoms with Crippen molar-refractivity contribution in [3.63, 3.8) is 0 Å². The van der Waals surface area contributed by atoms with E-state index in [0.29, 0.717) is 42.7 Å². The quantitative estimate of drug-likeness (QED) is 0.0625. The molecule has 0 spiro atoms. The highest BCUT2D eigenvalue weighted by Gasteiger charge is 2.30. The number of hydrogen-bond acceptors (Lipinski definition) is 7. The molecule has 7 rings (SSSR count). The van der Waals surface area contributed by atoms with Gasteiger partial charge in [-0.1, -0.05) is 67.6 Å². The van der Waals surface area contributed by atoms with Crippen molar-refractivity contribution in [1.29, 1.82) is 0 Å². The van der Waals surface area contributed by atoms with Gasteiger partial charge in [-0.15, -0.1) is 0 Å². The molecule has 6 aromatic rings. The van der Waals surface area contributed by atoms with E-state index in [0.717, 1.165) is 65.1 Å². The van der Waals surface area contributed by atoms with E-state index in [-0.39, 0.29) is 41.5 Å². The van der Waals surface area contributed by atoms with Gasteiger partial charge in [0.05, 0.1) is 19.3 Å². The summed E-state index contributed by atoms with van der Waals surface area (Å²) >= 11 is 0. The Hall–Kier alpha value is -5.73. The molecule has 0 radical (unpaired) electrons. The molecule has 0 bridgehead atoms. The van der Waals surface area contributed by atoms with Gasteiger partial charge in [0, 0.05) is 36.7 Å². The molecule has 1 fully saturated rings. The van der Waals surface area contributed by atoms with Gasteiger partial charge >= 0.3 is 0 Å². The first-order chi connectivity index (χ1) is 27.7. The Morgan fingerprint density at radius 2 is 1.60 bits per heavy atom. The number of H-pyrrole nitrogens is 1. The first-order valence-electron chi connectivity index (χ1n) is 20.2. The van der Waals surface area contributed by atoms with Crippen LogP contribution in [0.15, 0.2) is 109 Å². The van der Waals surface area contributed by atoms with Crippen molar-refractivity contribution in [2.45, 2.75) is 89.3 Å². The fourth-order valence-electron chi connectivity index (χ4n) is 8.66. The molecule has 0 aliphatic heterocycles. The van der Waals surface area contributed by atoms with Crippen molar-refractivity contribution in [2.24, 2.45) is 5.92 Å². The minimum atomic E-state index is -1.02. The summed E-state index contributed by atoms with van der Waals surface area (Å²) in [6.07, 6.45) is 9.33. The number of phenols is 3. The number of ketones is 1. The maximum atomic E-state index is 14.5. The van der Waals surface area contributed by atoms with Gasteiger partial charge in [-0.25, -0.2) is 0 Å². The molecule has 0 unspecified atom stereocenters. The zero-order chi connectivity index (χ0) is 39.9. The number of fused-ring (bicyclic) bond motifs is 1. The van der Waals surface area contributed by atoms with Gasteiger partial charge in [-0.2, -0.15) is 0 Å². The number of methoxy groups -OCH3 is 1. The smallest absolute Gasteiger partial charge is 0.164 e. The Morgan fingerprint density at radius 1 is 0.807 bits per heavy atom. The van der Waals surface area contributed by atoms with Crippen LogP contribution in [0, 0.1) is 5.92 Å². The van der Waals surface area contributed by atoms with E-state index in [2.05, 4.69) is 36.2 Å². The highest BCUT2D eigenvalue weighted by molar-refractivity contribution is 5.88. The Balaban J connectivity index is 1.20. The largest absolute Gasteiger partial charge is 0.508 e. The minimum absolute atomic E-state index is 0.0485. The predicted octanol–water partition coefficient (Wildman–Crippen LogP) is 9.52. The lowest BCUT2D eigenvalue weighted by atomic mass is 9.80. The average molecular weight is 768 g/mol. The summed E-state index contributed by atoms with van der Waals surface area (Å²) in [5.41, 5.74) is 6.61. The number of carbonyl (C=O) groups is 1. The van der Waals surface area contributed by atoms with Crippen molar-refractivity contribution in [3.05, 3.63) is 148 Å². The van der Waals surface area contributed by atoms with E-state index >= 15 is 0 Å². The van der Waals surface area contributed by atoms with Crippen molar-refractivity contribution in [1.82, 2.24) is 4.98 Å². The molecule has 8 nitrogen and oxygen atoms in total. The number of aliphatic hydroxyl groups is 1. The van der Waals surface area contributed by atoms with Gasteiger partial charge < -0.3 is 34.9 Å². The molecule has 1 aromatic heterocycles. The molecule has 1 aliphatic rings. The molecule has 3 atom stereocenters. The van der Waals surface area contributed by atoms with E-state index < -0.39 is 12.0 Å². The number of rotatable bonds is 17. The molecule has 1 heterocycles. The number of hydrogen-bond donors (Lipinski definition) is 5. The second-order valence-corrected chi connectivity index (χ2v) is 15.5. The summed E-state index contributed by atoms with van der Waals surface area (Å²) in [5, 5.41) is 46.6. The van der Waals surface area contributed by atoms with Crippen LogP contribution in [0.4, 0.5) is 0 Å². The summed E-state index contributed by atoms with van der Waals surface area (Å²) in [6, 6.07) is 30.1. The van der Waals surface area contributed by atoms with Gasteiger partial charge in [-0.3, -0.25) is 4.79 Å². The lowest BCUT2D eigenvalue weighted by molar-refractivity contribution is -0.123. The Morgan fingerprint density at radius 3 is 2.35 bits per heavy atom. The Kier molecular flexibility index (Phi) is 12.5. The van der Waals surface area contributed by atoms with Crippen LogP contribution in [0.2, 0.25) is 0 Å². The number of aromatic hydroxyl groups is 3. The molecule has 5 aromatic carbocycles. The van der Waals surface area contributed by atoms with Gasteiger partial charge in [0.1, 0.15) is 11.5 Å². The highest BCUT2D eigenvalue weighted by Crippen LogP contribution is 2.39. The number of ether oxygens (including phenoxy) is 2. The number of benzene rings is 5. The monoisotopic (exact) mass is 767 g/mol. The van der Waals surface area contributed by atoms with Crippen molar-refractivity contribution in [3.8, 4) is 28.7 Å². The van der Waals surface area contributed by atoms with Crippen molar-refractivity contribution < 1.29 is 34.7 Å². The number of aliphatic hydroxyl groups excluding tert-OH is 1. The van der Waals surface area contributed by atoms with Gasteiger partial charge in [0.2, 0.25) is 0 Å². The number of nitrogens with one attached hydrogen (secondary N) is 1. The SMILES string of the molecule is CCc1ccc2ccccc2c1Cc1c(C[C@H](Cc2cc[nH]c2)[C@H](O)CC(=O)[C@H](Cc2ccc(O)c(OC3CCCC3)c2)c2cccc(O)c2)ccc(O)c1OC. The number of aromatic nitrogens is 1. The van der Waals surface area contributed by atoms with Crippen LogP contribution in [0.5, 0.6) is 28.7 Å². The summed E-state index contributed by atoms with van der Waals surface area (Å²) < 4.78 is 12.0. The van der Waals surface area contributed by atoms with Crippen LogP contribution in [-0.2, 0) is 36.9 Å². The summed E-state index contributed by atoms with van der Waals surface area (Å²) in [6.45, 7) is 2.14. The average Bonchev–Trinajstić information content (AvgIpc) is 3.94. The number of aromatic amines is 1. The Labute approximate surface area is 334 Å². The van der Waals surface area contributed by atoms with Crippen molar-refractivity contribution in [2.75, 3.05) is 7.11 Å². The Bertz CT molecular complexity index is 2290. The van der Waals surface area contributed by atoms with E-state index in [1.165, 1.54) is 11.1 Å². The molecule has 1 aliphatic carbocycles. The summed E-state index contributed by atoms with van der Waals surface area (Å²) in [7, 11) is 1.57. The van der Waals surface area contributed by atoms with Crippen LogP contribution in [-0.4, -0.2) is 50.5 Å². The molecule has 5 N–H and O–H groups in total. The topological polar surface area (TPSA) is 132 Å². The van der Waals surface area contributed by atoms with E-state index in [1.54, 1.807) is 43.5 Å². The molecular formula is C49H53NO7. The van der Waals surface area contributed by atoms with Crippen LogP contribution in [0.1, 0.15) is 83.9 Å². The first kappa shape index (κ1) is 39.5. The number of carbonyl (C=O) groups excluding carboxylic acids is 1. The molecule has 57 heavy (non-hydrogen) atoms. The van der Waals surface area contributed by atoms with Gasteiger partial charge in [0.25, 0.3) is 0 Å². The maximum Gasteiger partial charge on any atom is 0.164 e. The lowest BCUT2D eigenvalue weighted by Crippen LogP contribution is -2.30. The zero-order valence-electron chi connectivity index (χ0n) is 32.8. The third kappa shape index (κ3) is 9.29. The second-order valence-electron chi connectivity index (χ2n) is 15.5. The van der Waals surface area contributed by atoms with Crippen LogP contribution >= 0.6 is 0 Å². The molecule has 1 saturated carbocycles. The molecule has 296 valence electrons. The van der Waals surface area contributed by atoms with E-state index in [1.807, 2.05) is 48.8 Å². The van der Waals surface area contributed by atoms with Gasteiger partial charge in [-0.05, 0) is 138 Å². The first-order valence-corrected chi connectivity index (χ1v) is 20.2. The third-order valence-corrected chi connectivity index (χ3v) is 11.7. The number of aryl methyl sites for hydroxylation is 1. The third-order valence-electron chi connectivity index (χ3n) is 11.7. The highest BCUT2D eigenvalue weighted by atomic mass is 16.5. The van der Waals surface area contributed by atoms with Crippen LogP contribution in [0.3, 0.4) is 0 Å². The van der Waals surface area contributed by atoms with Crippen molar-refractivity contribution >= 4 is 16.6 Å². The maximum absolute atomic E-state index is 14.5. The van der Waals surface area contributed by atoms with Gasteiger partial charge in [0.15, 0.2) is 23.0 Å². The standard InChI is InChI=1S/C49H53NO7/c1-3-33-16-17-34-9-4-7-14-40(34)41(33)28-43-36(18-20-45(53)49(43)56-2)26-37(23-32-21-22-50-30-32)46(54)29-47(55)42(35-10-8-11-38(51)27-35)24-31-15-19-44(52)48(25-31)57-39-12-5-6-13-39/h4,7-11,14-22,25,27,30,37,39,42,46,50-54H,3,5-6,12-13,23-24,26,28-29H2,1-2H3/t37-,42+,46+/m0/s1. The van der Waals surface area contributed by atoms with Crippen LogP contribution < -0.4 is 9.47 Å². The normalized spacial score (nSPS) is 14.7. The molecular weight excluding hydrogens is 715 g/mol. The zero-order valence-corrected chi connectivity index (χ0v) is 32.8. The second kappa shape index (κ2) is 18.0. The summed E-state index contributed by atoms with van der Waals surface area (Å²) in [4.78, 5) is 17.7. The fourth-order valence-corrected chi connectivity index (χ4v) is 8.66.